The molecule has 1 saturated carbocycles. The van der Waals surface area contributed by atoms with Gasteiger partial charge in [0.1, 0.15) is 5.60 Å². The number of amides is 2. The van der Waals surface area contributed by atoms with Crippen molar-refractivity contribution in [2.75, 3.05) is 18.4 Å². The molecule has 0 unspecified atom stereocenters. The summed E-state index contributed by atoms with van der Waals surface area (Å²) >= 11 is 1.69. The van der Waals surface area contributed by atoms with E-state index in [1.54, 1.807) is 22.4 Å². The van der Waals surface area contributed by atoms with E-state index < -0.39 is 5.60 Å². The minimum absolute atomic E-state index is 0.167. The van der Waals surface area contributed by atoms with Crippen molar-refractivity contribution < 1.29 is 14.3 Å². The monoisotopic (exact) mass is 478 g/mol. The SMILES string of the molecule is CC(C)(C)OC(=O)N1CCC(c2nc3cc(NC(=O)c4ccc(C5CC5)nc4)ccc3s2)CC1. The molecule has 2 aromatic heterocycles. The molecule has 5 rings (SSSR count). The number of hydrogen-bond acceptors (Lipinski definition) is 6. The van der Waals surface area contributed by atoms with Gasteiger partial charge in [0.25, 0.3) is 5.91 Å². The minimum atomic E-state index is -0.481. The third-order valence-corrected chi connectivity index (χ3v) is 7.40. The molecule has 1 aliphatic heterocycles. The smallest absolute Gasteiger partial charge is 0.410 e. The third-order valence-electron chi connectivity index (χ3n) is 6.20. The molecule has 8 heteroatoms. The summed E-state index contributed by atoms with van der Waals surface area (Å²) in [6.07, 6.45) is 5.53. The van der Waals surface area contributed by atoms with E-state index >= 15 is 0 Å². The molecule has 1 saturated heterocycles. The zero-order valence-electron chi connectivity index (χ0n) is 19.8. The van der Waals surface area contributed by atoms with E-state index in [0.29, 0.717) is 30.5 Å². The zero-order valence-corrected chi connectivity index (χ0v) is 20.7. The largest absolute Gasteiger partial charge is 0.444 e. The summed E-state index contributed by atoms with van der Waals surface area (Å²) in [6, 6.07) is 9.65. The van der Waals surface area contributed by atoms with Crippen LogP contribution in [0.25, 0.3) is 10.2 Å². The summed E-state index contributed by atoms with van der Waals surface area (Å²) < 4.78 is 6.59. The van der Waals surface area contributed by atoms with Gasteiger partial charge in [-0.3, -0.25) is 9.78 Å². The number of nitrogens with zero attached hydrogens (tertiary/aromatic N) is 3. The maximum Gasteiger partial charge on any atom is 0.410 e. The van der Waals surface area contributed by atoms with Crippen LogP contribution in [0.2, 0.25) is 0 Å². The van der Waals surface area contributed by atoms with E-state index in [4.69, 9.17) is 9.72 Å². The Kier molecular flexibility index (Phi) is 6.02. The van der Waals surface area contributed by atoms with E-state index in [2.05, 4.69) is 10.3 Å². The van der Waals surface area contributed by atoms with Crippen molar-refractivity contribution in [1.29, 1.82) is 0 Å². The molecule has 1 aromatic carbocycles. The summed E-state index contributed by atoms with van der Waals surface area (Å²) in [6.45, 7) is 7.00. The Balaban J connectivity index is 1.22. The van der Waals surface area contributed by atoms with Crippen LogP contribution in [0.4, 0.5) is 10.5 Å². The Labute approximate surface area is 203 Å². The van der Waals surface area contributed by atoms with Crippen LogP contribution in [0.15, 0.2) is 36.5 Å². The molecule has 2 fully saturated rings. The number of piperidine rings is 1. The van der Waals surface area contributed by atoms with Crippen molar-refractivity contribution in [3.8, 4) is 0 Å². The third kappa shape index (κ3) is 5.22. The summed E-state index contributed by atoms with van der Waals surface area (Å²) in [5, 5.41) is 4.05. The van der Waals surface area contributed by atoms with Gasteiger partial charge in [-0.1, -0.05) is 0 Å². The number of pyridine rings is 1. The summed E-state index contributed by atoms with van der Waals surface area (Å²) in [5.74, 6) is 0.729. The Bertz CT molecular complexity index is 1200. The highest BCUT2D eigenvalue weighted by Gasteiger charge is 2.29. The van der Waals surface area contributed by atoms with Crippen molar-refractivity contribution in [2.45, 2.75) is 63.9 Å². The quantitative estimate of drug-likeness (QED) is 0.502. The van der Waals surface area contributed by atoms with Gasteiger partial charge < -0.3 is 15.0 Å². The lowest BCUT2D eigenvalue weighted by molar-refractivity contribution is 0.0204. The molecule has 0 spiro atoms. The van der Waals surface area contributed by atoms with Gasteiger partial charge >= 0.3 is 6.09 Å². The molecule has 0 radical (unpaired) electrons. The zero-order chi connectivity index (χ0) is 23.9. The number of fused-ring (bicyclic) bond motifs is 1. The van der Waals surface area contributed by atoms with Gasteiger partial charge in [0, 0.05) is 42.5 Å². The number of benzene rings is 1. The molecule has 34 heavy (non-hydrogen) atoms. The molecule has 1 N–H and O–H groups in total. The van der Waals surface area contributed by atoms with E-state index in [1.165, 1.54) is 12.8 Å². The van der Waals surface area contributed by atoms with E-state index in [-0.39, 0.29) is 12.0 Å². The van der Waals surface area contributed by atoms with Crippen LogP contribution >= 0.6 is 11.3 Å². The van der Waals surface area contributed by atoms with Crippen LogP contribution in [-0.2, 0) is 4.74 Å². The standard InChI is InChI=1S/C26H30N4O3S/c1-26(2,3)33-25(32)30-12-10-17(11-13-30)24-29-21-14-19(7-9-22(21)34-24)28-23(31)18-6-8-20(27-15-18)16-4-5-16/h6-9,14-17H,4-5,10-13H2,1-3H3,(H,28,31). The van der Waals surface area contributed by atoms with E-state index in [1.807, 2.05) is 51.1 Å². The Morgan fingerprint density at radius 1 is 1.06 bits per heavy atom. The average Bonchev–Trinajstić information content (AvgIpc) is 3.57. The summed E-state index contributed by atoms with van der Waals surface area (Å²) in [4.78, 5) is 36.1. The number of carbonyl (C=O) groups is 2. The van der Waals surface area contributed by atoms with Crippen molar-refractivity contribution in [2.24, 2.45) is 0 Å². The minimum Gasteiger partial charge on any atom is -0.444 e. The maximum absolute atomic E-state index is 12.7. The molecule has 7 nitrogen and oxygen atoms in total. The van der Waals surface area contributed by atoms with Crippen LogP contribution < -0.4 is 5.32 Å². The van der Waals surface area contributed by atoms with E-state index in [9.17, 15) is 9.59 Å². The first-order valence-corrected chi connectivity index (χ1v) is 12.7. The van der Waals surface area contributed by atoms with Crippen LogP contribution in [-0.4, -0.2) is 45.6 Å². The van der Waals surface area contributed by atoms with Crippen LogP contribution in [0.3, 0.4) is 0 Å². The molecule has 2 aliphatic rings. The fraction of sp³-hybridized carbons (Fsp3) is 0.462. The molecule has 1 aliphatic carbocycles. The van der Waals surface area contributed by atoms with Crippen LogP contribution in [0.1, 0.15) is 79.3 Å². The number of likely N-dealkylation sites (tertiary alicyclic amines) is 1. The Hall–Kier alpha value is -3.00. The molecular formula is C26H30N4O3S. The fourth-order valence-electron chi connectivity index (χ4n) is 4.20. The number of rotatable bonds is 4. The van der Waals surface area contributed by atoms with Gasteiger partial charge in [0.2, 0.25) is 0 Å². The predicted octanol–water partition coefficient (Wildman–Crippen LogP) is 5.94. The number of ether oxygens (including phenoxy) is 1. The van der Waals surface area contributed by atoms with E-state index in [0.717, 1.165) is 39.4 Å². The number of carbonyl (C=O) groups excluding carboxylic acids is 2. The first-order valence-electron chi connectivity index (χ1n) is 11.9. The average molecular weight is 479 g/mol. The Morgan fingerprint density at radius 2 is 1.82 bits per heavy atom. The molecule has 178 valence electrons. The van der Waals surface area contributed by atoms with Gasteiger partial charge in [-0.25, -0.2) is 9.78 Å². The first-order chi connectivity index (χ1) is 16.2. The second-order valence-electron chi connectivity index (χ2n) is 10.2. The fourth-order valence-corrected chi connectivity index (χ4v) is 5.31. The van der Waals surface area contributed by atoms with Crippen molar-refractivity contribution in [1.82, 2.24) is 14.9 Å². The lowest BCUT2D eigenvalue weighted by Crippen LogP contribution is -2.41. The number of nitrogens with one attached hydrogen (secondary N) is 1. The lowest BCUT2D eigenvalue weighted by Gasteiger charge is -2.32. The highest BCUT2D eigenvalue weighted by Crippen LogP contribution is 2.39. The van der Waals surface area contributed by atoms with Gasteiger partial charge in [-0.05, 0) is 76.8 Å². The van der Waals surface area contributed by atoms with Crippen molar-refractivity contribution in [3.63, 3.8) is 0 Å². The molecule has 0 bridgehead atoms. The normalized spacial score (nSPS) is 17.1. The highest BCUT2D eigenvalue weighted by atomic mass is 32.1. The summed E-state index contributed by atoms with van der Waals surface area (Å²) in [5.41, 5.74) is 2.75. The maximum atomic E-state index is 12.7. The lowest BCUT2D eigenvalue weighted by atomic mass is 9.98. The van der Waals surface area contributed by atoms with Gasteiger partial charge in [-0.2, -0.15) is 0 Å². The molecule has 2 amide bonds. The second kappa shape index (κ2) is 8.98. The Morgan fingerprint density at radius 3 is 2.47 bits per heavy atom. The summed E-state index contributed by atoms with van der Waals surface area (Å²) in [7, 11) is 0. The number of thiazole rings is 1. The van der Waals surface area contributed by atoms with Gasteiger partial charge in [0.05, 0.1) is 20.8 Å². The van der Waals surface area contributed by atoms with Crippen molar-refractivity contribution in [3.05, 3.63) is 52.8 Å². The van der Waals surface area contributed by atoms with Crippen LogP contribution in [0.5, 0.6) is 0 Å². The highest BCUT2D eigenvalue weighted by molar-refractivity contribution is 7.18. The van der Waals surface area contributed by atoms with Gasteiger partial charge in [-0.15, -0.1) is 11.3 Å². The molecule has 3 aromatic rings. The second-order valence-corrected chi connectivity index (χ2v) is 11.2. The number of anilines is 1. The first kappa shape index (κ1) is 22.8. The van der Waals surface area contributed by atoms with Gasteiger partial charge in [0.15, 0.2) is 0 Å². The number of hydrogen-bond donors (Lipinski definition) is 1. The molecule has 3 heterocycles. The molecule has 0 atom stereocenters. The van der Waals surface area contributed by atoms with Crippen LogP contribution in [0, 0.1) is 0 Å². The molecular weight excluding hydrogens is 448 g/mol. The number of aromatic nitrogens is 2. The topological polar surface area (TPSA) is 84.4 Å². The van der Waals surface area contributed by atoms with Crippen molar-refractivity contribution >= 4 is 39.2 Å². The predicted molar refractivity (Wildman–Crippen MR) is 134 cm³/mol.